The molecule has 3 aromatic rings. The van der Waals surface area contributed by atoms with E-state index in [4.69, 9.17) is 4.52 Å². The summed E-state index contributed by atoms with van der Waals surface area (Å²) in [6.07, 6.45) is 4.34. The van der Waals surface area contributed by atoms with Gasteiger partial charge in [0.25, 0.3) is 5.91 Å². The number of rotatable bonds is 6. The molecule has 0 bridgehead atoms. The normalized spacial score (nSPS) is 10.7. The van der Waals surface area contributed by atoms with Crippen molar-refractivity contribution < 1.29 is 13.7 Å². The Morgan fingerprint density at radius 1 is 1.30 bits per heavy atom. The van der Waals surface area contributed by atoms with Crippen LogP contribution in [0.5, 0.6) is 0 Å². The van der Waals surface area contributed by atoms with Crippen molar-refractivity contribution in [3.8, 4) is 11.3 Å². The van der Waals surface area contributed by atoms with Crippen molar-refractivity contribution in [1.29, 1.82) is 0 Å². The number of aryl methyl sites for hydroxylation is 1. The molecule has 3 rings (SSSR count). The minimum atomic E-state index is -0.330. The molecular weight excluding hydrogens is 299 g/mol. The third-order valence-corrected chi connectivity index (χ3v) is 3.28. The van der Waals surface area contributed by atoms with Crippen LogP contribution in [0.25, 0.3) is 11.3 Å². The number of benzene rings is 1. The summed E-state index contributed by atoms with van der Waals surface area (Å²) in [6.45, 7) is 1.24. The van der Waals surface area contributed by atoms with Crippen LogP contribution >= 0.6 is 0 Å². The number of amides is 1. The second-order valence-electron chi connectivity index (χ2n) is 4.96. The Morgan fingerprint density at radius 3 is 2.87 bits per heavy atom. The van der Waals surface area contributed by atoms with E-state index >= 15 is 0 Å². The molecule has 1 amide bonds. The van der Waals surface area contributed by atoms with Crippen molar-refractivity contribution in [2.45, 2.75) is 13.0 Å². The lowest BCUT2D eigenvalue weighted by molar-refractivity contribution is 0.0943. The van der Waals surface area contributed by atoms with E-state index in [1.807, 2.05) is 12.3 Å². The first-order valence-corrected chi connectivity index (χ1v) is 7.20. The number of halogens is 1. The molecule has 23 heavy (non-hydrogen) atoms. The number of carbonyl (C=O) groups excluding carboxylic acids is 1. The summed E-state index contributed by atoms with van der Waals surface area (Å²) in [5, 5.41) is 10.6. The van der Waals surface area contributed by atoms with Crippen LogP contribution in [0.15, 0.2) is 53.3 Å². The predicted molar refractivity (Wildman–Crippen MR) is 81.1 cm³/mol. The second-order valence-corrected chi connectivity index (χ2v) is 4.96. The molecule has 0 saturated carbocycles. The Morgan fingerprint density at radius 2 is 2.13 bits per heavy atom. The number of aromatic nitrogens is 3. The highest BCUT2D eigenvalue weighted by Crippen LogP contribution is 2.20. The van der Waals surface area contributed by atoms with E-state index in [1.165, 1.54) is 18.2 Å². The van der Waals surface area contributed by atoms with Gasteiger partial charge >= 0.3 is 0 Å². The molecule has 1 aromatic carbocycles. The highest BCUT2D eigenvalue weighted by Gasteiger charge is 2.13. The van der Waals surface area contributed by atoms with Crippen molar-refractivity contribution in [2.24, 2.45) is 0 Å². The molecule has 0 saturated heterocycles. The third kappa shape index (κ3) is 3.82. The SMILES string of the molecule is O=C(NCCCn1cccn1)c1cc(-c2ccc(F)cc2)on1. The largest absolute Gasteiger partial charge is 0.355 e. The summed E-state index contributed by atoms with van der Waals surface area (Å²) in [6, 6.07) is 9.18. The van der Waals surface area contributed by atoms with Crippen molar-refractivity contribution in [3.05, 3.63) is 60.3 Å². The lowest BCUT2D eigenvalue weighted by Gasteiger charge is -2.03. The highest BCUT2D eigenvalue weighted by molar-refractivity contribution is 5.93. The number of hydrogen-bond acceptors (Lipinski definition) is 4. The van der Waals surface area contributed by atoms with Crippen LogP contribution in [0, 0.1) is 5.82 Å². The summed E-state index contributed by atoms with van der Waals surface area (Å²) in [5.41, 5.74) is 0.861. The Hall–Kier alpha value is -2.96. The van der Waals surface area contributed by atoms with Crippen LogP contribution in [0.1, 0.15) is 16.9 Å². The zero-order valence-corrected chi connectivity index (χ0v) is 12.3. The lowest BCUT2D eigenvalue weighted by atomic mass is 10.1. The third-order valence-electron chi connectivity index (χ3n) is 3.28. The Balaban J connectivity index is 1.52. The molecular formula is C16H15FN4O2. The molecule has 0 aliphatic rings. The van der Waals surface area contributed by atoms with Crippen molar-refractivity contribution >= 4 is 5.91 Å². The zero-order valence-electron chi connectivity index (χ0n) is 12.3. The van der Waals surface area contributed by atoms with Gasteiger partial charge in [0.05, 0.1) is 0 Å². The molecule has 0 atom stereocenters. The Labute approximate surface area is 131 Å². The van der Waals surface area contributed by atoms with Crippen molar-refractivity contribution in [1.82, 2.24) is 20.3 Å². The van der Waals surface area contributed by atoms with Gasteiger partial charge < -0.3 is 9.84 Å². The van der Waals surface area contributed by atoms with Crippen LogP contribution < -0.4 is 5.32 Å². The van der Waals surface area contributed by atoms with Crippen LogP contribution in [0.3, 0.4) is 0 Å². The highest BCUT2D eigenvalue weighted by atomic mass is 19.1. The fourth-order valence-corrected chi connectivity index (χ4v) is 2.10. The van der Waals surface area contributed by atoms with Gasteiger partial charge in [-0.1, -0.05) is 5.16 Å². The zero-order chi connectivity index (χ0) is 16.1. The maximum absolute atomic E-state index is 12.9. The first kappa shape index (κ1) is 15.0. The molecule has 0 radical (unpaired) electrons. The average molecular weight is 314 g/mol. The van der Waals surface area contributed by atoms with Crippen molar-refractivity contribution in [2.75, 3.05) is 6.54 Å². The van der Waals surface area contributed by atoms with E-state index in [0.29, 0.717) is 17.9 Å². The first-order chi connectivity index (χ1) is 11.2. The van der Waals surface area contributed by atoms with Gasteiger partial charge in [-0.3, -0.25) is 9.48 Å². The fraction of sp³-hybridized carbons (Fsp3) is 0.188. The van der Waals surface area contributed by atoms with Crippen LogP contribution in [-0.2, 0) is 6.54 Å². The van der Waals surface area contributed by atoms with Crippen LogP contribution in [-0.4, -0.2) is 27.4 Å². The molecule has 7 heteroatoms. The van der Waals surface area contributed by atoms with Gasteiger partial charge in [0.1, 0.15) is 5.82 Å². The molecule has 0 aliphatic heterocycles. The van der Waals surface area contributed by atoms with Crippen LogP contribution in [0.4, 0.5) is 4.39 Å². The van der Waals surface area contributed by atoms with Gasteiger partial charge in [-0.2, -0.15) is 5.10 Å². The number of nitrogens with zero attached hydrogens (tertiary/aromatic N) is 3. The quantitative estimate of drug-likeness (QED) is 0.710. The molecule has 0 fully saturated rings. The van der Waals surface area contributed by atoms with E-state index in [9.17, 15) is 9.18 Å². The Bertz CT molecular complexity index is 766. The lowest BCUT2D eigenvalue weighted by Crippen LogP contribution is -2.25. The minimum absolute atomic E-state index is 0.198. The summed E-state index contributed by atoms with van der Waals surface area (Å²) < 4.78 is 19.8. The maximum Gasteiger partial charge on any atom is 0.273 e. The summed E-state index contributed by atoms with van der Waals surface area (Å²) in [4.78, 5) is 12.0. The molecule has 1 N–H and O–H groups in total. The van der Waals surface area contributed by atoms with Gasteiger partial charge in [0.2, 0.25) is 0 Å². The molecule has 118 valence electrons. The summed E-state index contributed by atoms with van der Waals surface area (Å²) in [5.74, 6) is -0.210. The van der Waals surface area contributed by atoms with Gasteiger partial charge in [-0.25, -0.2) is 4.39 Å². The smallest absolute Gasteiger partial charge is 0.273 e. The fourth-order valence-electron chi connectivity index (χ4n) is 2.10. The maximum atomic E-state index is 12.9. The molecule has 2 heterocycles. The molecule has 2 aromatic heterocycles. The Kier molecular flexibility index (Phi) is 4.46. The average Bonchev–Trinajstić information content (AvgIpc) is 3.24. The topological polar surface area (TPSA) is 73.0 Å². The molecule has 0 aliphatic carbocycles. The number of carbonyl (C=O) groups is 1. The minimum Gasteiger partial charge on any atom is -0.355 e. The van der Waals surface area contributed by atoms with Gasteiger partial charge in [-0.15, -0.1) is 0 Å². The summed E-state index contributed by atoms with van der Waals surface area (Å²) in [7, 11) is 0. The van der Waals surface area contributed by atoms with Crippen LogP contribution in [0.2, 0.25) is 0 Å². The van der Waals surface area contributed by atoms with E-state index in [2.05, 4.69) is 15.6 Å². The van der Waals surface area contributed by atoms with E-state index in [0.717, 1.165) is 13.0 Å². The second kappa shape index (κ2) is 6.87. The van der Waals surface area contributed by atoms with Gasteiger partial charge in [-0.05, 0) is 36.8 Å². The number of nitrogens with one attached hydrogen (secondary N) is 1. The van der Waals surface area contributed by atoms with E-state index < -0.39 is 0 Å². The molecule has 0 spiro atoms. The van der Waals surface area contributed by atoms with Crippen molar-refractivity contribution in [3.63, 3.8) is 0 Å². The standard InChI is InChI=1S/C16H15FN4O2/c17-13-5-3-12(4-6-13)15-11-14(20-23-15)16(22)18-7-1-9-21-10-2-8-19-21/h2-6,8,10-11H,1,7,9H2,(H,18,22). The van der Waals surface area contributed by atoms with Gasteiger partial charge in [0, 0.05) is 37.1 Å². The van der Waals surface area contributed by atoms with E-state index in [1.54, 1.807) is 23.0 Å². The molecule has 6 nitrogen and oxygen atoms in total. The molecule has 0 unspecified atom stereocenters. The predicted octanol–water partition coefficient (Wildman–Crippen LogP) is 2.50. The van der Waals surface area contributed by atoms with Gasteiger partial charge in [0.15, 0.2) is 11.5 Å². The number of hydrogen-bond donors (Lipinski definition) is 1. The first-order valence-electron chi connectivity index (χ1n) is 7.20. The monoisotopic (exact) mass is 314 g/mol. The van der Waals surface area contributed by atoms with E-state index in [-0.39, 0.29) is 17.4 Å². The summed E-state index contributed by atoms with van der Waals surface area (Å²) >= 11 is 0.